The zero-order chi connectivity index (χ0) is 10.4. The minimum Gasteiger partial charge on any atom is -0.313 e. The van der Waals surface area contributed by atoms with Crippen molar-refractivity contribution in [2.45, 2.75) is 20.8 Å². The maximum Gasteiger partial charge on any atom is 0.0170 e. The van der Waals surface area contributed by atoms with Crippen molar-refractivity contribution in [2.75, 3.05) is 13.1 Å². The van der Waals surface area contributed by atoms with Gasteiger partial charge >= 0.3 is 0 Å². The van der Waals surface area contributed by atoms with E-state index in [1.54, 1.807) is 11.3 Å². The first-order valence-electron chi connectivity index (χ1n) is 5.17. The number of hydrogen-bond donors (Lipinski definition) is 1. The lowest BCUT2D eigenvalue weighted by Crippen LogP contribution is -2.18. The van der Waals surface area contributed by atoms with E-state index in [1.165, 1.54) is 11.1 Å². The molecule has 14 heavy (non-hydrogen) atoms. The smallest absolute Gasteiger partial charge is 0.0170 e. The summed E-state index contributed by atoms with van der Waals surface area (Å²) in [5.41, 5.74) is 2.81. The Kier molecular flexibility index (Phi) is 4.91. The molecular formula is C12H19NS. The predicted molar refractivity (Wildman–Crippen MR) is 65.7 cm³/mol. The molecule has 1 aromatic heterocycles. The van der Waals surface area contributed by atoms with Crippen LogP contribution in [0, 0.1) is 5.92 Å². The van der Waals surface area contributed by atoms with Crippen molar-refractivity contribution in [3.8, 4) is 0 Å². The summed E-state index contributed by atoms with van der Waals surface area (Å²) in [6.45, 7) is 8.67. The molecule has 0 saturated heterocycles. The fourth-order valence-electron chi connectivity index (χ4n) is 1.26. The Hall–Kier alpha value is -0.600. The van der Waals surface area contributed by atoms with Crippen molar-refractivity contribution >= 4 is 17.4 Å². The molecule has 0 bridgehead atoms. The fraction of sp³-hybridized carbons (Fsp3) is 0.500. The van der Waals surface area contributed by atoms with Crippen LogP contribution in [0.5, 0.6) is 0 Å². The normalized spacial score (nSPS) is 12.4. The highest BCUT2D eigenvalue weighted by atomic mass is 32.1. The van der Waals surface area contributed by atoms with Gasteiger partial charge in [-0.1, -0.05) is 32.4 Å². The molecule has 0 unspecified atom stereocenters. The number of rotatable bonds is 5. The Morgan fingerprint density at radius 3 is 2.86 bits per heavy atom. The molecular weight excluding hydrogens is 190 g/mol. The van der Waals surface area contributed by atoms with E-state index >= 15 is 0 Å². The first kappa shape index (κ1) is 11.5. The van der Waals surface area contributed by atoms with Crippen LogP contribution in [0.25, 0.3) is 6.08 Å². The van der Waals surface area contributed by atoms with Crippen molar-refractivity contribution in [1.82, 2.24) is 5.32 Å². The summed E-state index contributed by atoms with van der Waals surface area (Å²) < 4.78 is 0. The summed E-state index contributed by atoms with van der Waals surface area (Å²) >= 11 is 1.75. The molecule has 2 heteroatoms. The maximum absolute atomic E-state index is 3.38. The van der Waals surface area contributed by atoms with Gasteiger partial charge in [0.1, 0.15) is 0 Å². The maximum atomic E-state index is 3.38. The molecule has 0 amide bonds. The van der Waals surface area contributed by atoms with Crippen LogP contribution in [0.1, 0.15) is 26.3 Å². The van der Waals surface area contributed by atoms with E-state index in [-0.39, 0.29) is 0 Å². The summed E-state index contributed by atoms with van der Waals surface area (Å²) in [7, 11) is 0. The van der Waals surface area contributed by atoms with Crippen molar-refractivity contribution < 1.29 is 0 Å². The van der Waals surface area contributed by atoms with Gasteiger partial charge in [0.05, 0.1) is 0 Å². The molecule has 0 radical (unpaired) electrons. The Bertz CT molecular complexity index is 273. The van der Waals surface area contributed by atoms with Gasteiger partial charge in [0, 0.05) is 6.54 Å². The molecule has 1 heterocycles. The standard InChI is InChI=1S/C12H19NS/c1-4-13-8-12(10(2)3)7-11-5-6-14-9-11/h5-7,9-10,13H,4,8H2,1-3H3. The average molecular weight is 209 g/mol. The lowest BCUT2D eigenvalue weighted by Gasteiger charge is -2.11. The molecule has 1 nitrogen and oxygen atoms in total. The molecule has 1 N–H and O–H groups in total. The largest absolute Gasteiger partial charge is 0.313 e. The predicted octanol–water partition coefficient (Wildman–Crippen LogP) is 3.40. The van der Waals surface area contributed by atoms with E-state index in [0.29, 0.717) is 5.92 Å². The van der Waals surface area contributed by atoms with Crippen LogP contribution in [0.3, 0.4) is 0 Å². The lowest BCUT2D eigenvalue weighted by molar-refractivity contribution is 0.682. The molecule has 0 aliphatic heterocycles. The van der Waals surface area contributed by atoms with Crippen molar-refractivity contribution in [3.63, 3.8) is 0 Å². The minimum atomic E-state index is 0.619. The zero-order valence-electron chi connectivity index (χ0n) is 9.21. The lowest BCUT2D eigenvalue weighted by atomic mass is 10.0. The van der Waals surface area contributed by atoms with Crippen molar-refractivity contribution in [3.05, 3.63) is 28.0 Å². The Morgan fingerprint density at radius 2 is 2.36 bits per heavy atom. The minimum absolute atomic E-state index is 0.619. The van der Waals surface area contributed by atoms with Gasteiger partial charge in [-0.15, -0.1) is 0 Å². The SMILES string of the molecule is CCNCC(=Cc1ccsc1)C(C)C. The van der Waals surface area contributed by atoms with Crippen LogP contribution in [0.15, 0.2) is 22.4 Å². The van der Waals surface area contributed by atoms with E-state index < -0.39 is 0 Å². The van der Waals surface area contributed by atoms with Crippen molar-refractivity contribution in [2.24, 2.45) is 5.92 Å². The third kappa shape index (κ3) is 3.64. The first-order valence-corrected chi connectivity index (χ1v) is 6.11. The second-order valence-electron chi connectivity index (χ2n) is 3.71. The third-order valence-corrected chi connectivity index (χ3v) is 2.92. The van der Waals surface area contributed by atoms with Gasteiger partial charge in [-0.25, -0.2) is 0 Å². The molecule has 0 atom stereocenters. The summed E-state index contributed by atoms with van der Waals surface area (Å²) in [6, 6.07) is 2.17. The van der Waals surface area contributed by atoms with E-state index in [2.05, 4.69) is 49.0 Å². The van der Waals surface area contributed by atoms with Crippen LogP contribution in [-0.2, 0) is 0 Å². The molecule has 0 aliphatic carbocycles. The van der Waals surface area contributed by atoms with Crippen LogP contribution in [0.2, 0.25) is 0 Å². The molecule has 0 saturated carbocycles. The van der Waals surface area contributed by atoms with E-state index in [0.717, 1.165) is 13.1 Å². The molecule has 0 fully saturated rings. The Balaban J connectivity index is 2.67. The molecule has 0 spiro atoms. The molecule has 1 rings (SSSR count). The molecule has 0 aliphatic rings. The highest BCUT2D eigenvalue weighted by Gasteiger charge is 2.02. The first-order chi connectivity index (χ1) is 6.74. The quantitative estimate of drug-likeness (QED) is 0.783. The monoisotopic (exact) mass is 209 g/mol. The van der Waals surface area contributed by atoms with Crippen LogP contribution in [0.4, 0.5) is 0 Å². The molecule has 0 aromatic carbocycles. The van der Waals surface area contributed by atoms with E-state index in [9.17, 15) is 0 Å². The van der Waals surface area contributed by atoms with Crippen molar-refractivity contribution in [1.29, 1.82) is 0 Å². The average Bonchev–Trinajstić information content (AvgIpc) is 2.64. The van der Waals surface area contributed by atoms with Gasteiger partial charge in [0.2, 0.25) is 0 Å². The summed E-state index contributed by atoms with van der Waals surface area (Å²) in [6.07, 6.45) is 2.30. The van der Waals surface area contributed by atoms with Crippen LogP contribution in [-0.4, -0.2) is 13.1 Å². The van der Waals surface area contributed by atoms with Gasteiger partial charge in [-0.2, -0.15) is 11.3 Å². The Morgan fingerprint density at radius 1 is 1.57 bits per heavy atom. The summed E-state index contributed by atoms with van der Waals surface area (Å²) in [4.78, 5) is 0. The van der Waals surface area contributed by atoms with Gasteiger partial charge in [0.15, 0.2) is 0 Å². The third-order valence-electron chi connectivity index (χ3n) is 2.22. The number of nitrogens with one attached hydrogen (secondary N) is 1. The Labute approximate surface area is 90.9 Å². The van der Waals surface area contributed by atoms with E-state index in [1.807, 2.05) is 0 Å². The van der Waals surface area contributed by atoms with Gasteiger partial charge < -0.3 is 5.32 Å². The summed E-state index contributed by atoms with van der Waals surface area (Å²) in [5, 5.41) is 7.69. The zero-order valence-corrected chi connectivity index (χ0v) is 10.0. The number of likely N-dealkylation sites (N-methyl/N-ethyl adjacent to an activating group) is 1. The fourth-order valence-corrected chi connectivity index (χ4v) is 1.88. The van der Waals surface area contributed by atoms with Gasteiger partial charge in [-0.3, -0.25) is 0 Å². The summed E-state index contributed by atoms with van der Waals surface area (Å²) in [5.74, 6) is 0.619. The topological polar surface area (TPSA) is 12.0 Å². The molecule has 1 aromatic rings. The van der Waals surface area contributed by atoms with E-state index in [4.69, 9.17) is 0 Å². The second-order valence-corrected chi connectivity index (χ2v) is 4.49. The van der Waals surface area contributed by atoms with Gasteiger partial charge in [-0.05, 0) is 34.9 Å². The van der Waals surface area contributed by atoms with Crippen LogP contribution >= 0.6 is 11.3 Å². The second kappa shape index (κ2) is 5.99. The highest BCUT2D eigenvalue weighted by molar-refractivity contribution is 7.08. The highest BCUT2D eigenvalue weighted by Crippen LogP contribution is 2.15. The number of thiophene rings is 1. The molecule has 78 valence electrons. The van der Waals surface area contributed by atoms with Crippen LogP contribution < -0.4 is 5.32 Å². The van der Waals surface area contributed by atoms with Gasteiger partial charge in [0.25, 0.3) is 0 Å². The number of hydrogen-bond acceptors (Lipinski definition) is 2.